The number of likely N-dealkylation sites (tertiary alicyclic amines) is 1. The van der Waals surface area contributed by atoms with Crippen LogP contribution in [0.4, 0.5) is 0 Å². The third kappa shape index (κ3) is 3.92. The molecule has 0 radical (unpaired) electrons. The Labute approximate surface area is 159 Å². The van der Waals surface area contributed by atoms with Crippen LogP contribution in [0.1, 0.15) is 34.9 Å². The number of carbonyl (C=O) groups is 1. The fourth-order valence-electron chi connectivity index (χ4n) is 3.51. The smallest absolute Gasteiger partial charge is 0.232 e. The summed E-state index contributed by atoms with van der Waals surface area (Å²) in [5, 5.41) is 4.10. The van der Waals surface area contributed by atoms with Gasteiger partial charge >= 0.3 is 0 Å². The van der Waals surface area contributed by atoms with Gasteiger partial charge in [-0.2, -0.15) is 4.98 Å². The van der Waals surface area contributed by atoms with Crippen molar-refractivity contribution in [3.8, 4) is 11.4 Å². The van der Waals surface area contributed by atoms with Gasteiger partial charge in [0.15, 0.2) is 0 Å². The van der Waals surface area contributed by atoms with E-state index in [9.17, 15) is 4.79 Å². The van der Waals surface area contributed by atoms with Crippen LogP contribution in [0.3, 0.4) is 0 Å². The molecule has 0 bridgehead atoms. The van der Waals surface area contributed by atoms with E-state index in [0.717, 1.165) is 18.5 Å². The number of hydrogen-bond donors (Lipinski definition) is 0. The third-order valence-corrected chi connectivity index (χ3v) is 5.07. The molecule has 0 spiro atoms. The van der Waals surface area contributed by atoms with E-state index in [1.54, 1.807) is 0 Å². The quantitative estimate of drug-likeness (QED) is 0.691. The predicted molar refractivity (Wildman–Crippen MR) is 103 cm³/mol. The molecule has 0 aliphatic carbocycles. The van der Waals surface area contributed by atoms with E-state index >= 15 is 0 Å². The number of rotatable bonds is 5. The van der Waals surface area contributed by atoms with Gasteiger partial charge in [0.1, 0.15) is 0 Å². The number of amides is 1. The lowest BCUT2D eigenvalue weighted by Gasteiger charge is -2.16. The van der Waals surface area contributed by atoms with Gasteiger partial charge < -0.3 is 9.42 Å². The fraction of sp³-hybridized carbons (Fsp3) is 0.318. The Morgan fingerprint density at radius 2 is 1.93 bits per heavy atom. The summed E-state index contributed by atoms with van der Waals surface area (Å²) in [6.07, 6.45) is 1.29. The van der Waals surface area contributed by atoms with Crippen LogP contribution < -0.4 is 0 Å². The Balaban J connectivity index is 1.41. The third-order valence-electron chi connectivity index (χ3n) is 5.07. The standard InChI is InChI=1S/C22H23N3O2/c1-15-6-8-18(9-7-15)21-23-22(27-24-21)19-13-20(26)25(14-19)11-10-17-5-3-4-16(2)12-17/h3-9,12,19H,10-11,13-14H2,1-2H3. The molecule has 1 fully saturated rings. The SMILES string of the molecule is Cc1ccc(-c2noc(C3CC(=O)N(CCc4cccc(C)c4)C3)n2)cc1. The van der Waals surface area contributed by atoms with E-state index in [0.29, 0.717) is 24.7 Å². The number of nitrogens with zero attached hydrogens (tertiary/aromatic N) is 3. The summed E-state index contributed by atoms with van der Waals surface area (Å²) in [5.74, 6) is 1.26. The molecule has 27 heavy (non-hydrogen) atoms. The van der Waals surface area contributed by atoms with E-state index in [1.165, 1.54) is 16.7 Å². The number of aryl methyl sites for hydroxylation is 2. The molecule has 5 nitrogen and oxygen atoms in total. The lowest BCUT2D eigenvalue weighted by atomic mass is 10.1. The maximum atomic E-state index is 12.4. The van der Waals surface area contributed by atoms with Gasteiger partial charge in [0.05, 0.1) is 5.92 Å². The molecule has 1 amide bonds. The van der Waals surface area contributed by atoms with Gasteiger partial charge in [-0.25, -0.2) is 0 Å². The van der Waals surface area contributed by atoms with E-state index in [4.69, 9.17) is 4.52 Å². The molecule has 1 atom stereocenters. The van der Waals surface area contributed by atoms with Crippen molar-refractivity contribution in [1.29, 1.82) is 0 Å². The lowest BCUT2D eigenvalue weighted by Crippen LogP contribution is -2.27. The van der Waals surface area contributed by atoms with Gasteiger partial charge in [-0.15, -0.1) is 0 Å². The Morgan fingerprint density at radius 1 is 1.11 bits per heavy atom. The molecular weight excluding hydrogens is 338 g/mol. The molecule has 1 aromatic heterocycles. The summed E-state index contributed by atoms with van der Waals surface area (Å²) >= 11 is 0. The molecule has 2 aromatic carbocycles. The normalized spacial score (nSPS) is 16.9. The molecule has 4 rings (SSSR count). The van der Waals surface area contributed by atoms with Crippen LogP contribution in [0.15, 0.2) is 53.1 Å². The molecule has 2 heterocycles. The van der Waals surface area contributed by atoms with Crippen molar-refractivity contribution in [3.63, 3.8) is 0 Å². The molecule has 3 aromatic rings. The highest BCUT2D eigenvalue weighted by Crippen LogP contribution is 2.29. The van der Waals surface area contributed by atoms with Gasteiger partial charge in [0.2, 0.25) is 17.6 Å². The summed E-state index contributed by atoms with van der Waals surface area (Å²) in [7, 11) is 0. The Kier molecular flexibility index (Phi) is 4.75. The van der Waals surface area contributed by atoms with Crippen LogP contribution in [-0.4, -0.2) is 34.0 Å². The highest BCUT2D eigenvalue weighted by atomic mass is 16.5. The van der Waals surface area contributed by atoms with E-state index < -0.39 is 0 Å². The zero-order valence-electron chi connectivity index (χ0n) is 15.7. The second-order valence-electron chi connectivity index (χ2n) is 7.30. The van der Waals surface area contributed by atoms with Gasteiger partial charge in [0.25, 0.3) is 0 Å². The minimum Gasteiger partial charge on any atom is -0.342 e. The summed E-state index contributed by atoms with van der Waals surface area (Å²) in [6.45, 7) is 5.49. The molecular formula is C22H23N3O2. The molecule has 0 saturated carbocycles. The van der Waals surface area contributed by atoms with Crippen LogP contribution in [0.2, 0.25) is 0 Å². The van der Waals surface area contributed by atoms with Crippen molar-refractivity contribution in [3.05, 3.63) is 71.1 Å². The summed E-state index contributed by atoms with van der Waals surface area (Å²) in [4.78, 5) is 18.8. The van der Waals surface area contributed by atoms with Crippen LogP contribution in [0.25, 0.3) is 11.4 Å². The van der Waals surface area contributed by atoms with Crippen molar-refractivity contribution in [2.45, 2.75) is 32.6 Å². The maximum absolute atomic E-state index is 12.4. The van der Waals surface area contributed by atoms with Crippen molar-refractivity contribution in [2.24, 2.45) is 0 Å². The highest BCUT2D eigenvalue weighted by Gasteiger charge is 2.34. The van der Waals surface area contributed by atoms with Gasteiger partial charge in [0, 0.05) is 25.1 Å². The largest absolute Gasteiger partial charge is 0.342 e. The Hall–Kier alpha value is -2.95. The fourth-order valence-corrected chi connectivity index (χ4v) is 3.51. The van der Waals surface area contributed by atoms with Crippen LogP contribution >= 0.6 is 0 Å². The van der Waals surface area contributed by atoms with Crippen molar-refractivity contribution in [2.75, 3.05) is 13.1 Å². The first-order chi connectivity index (χ1) is 13.1. The molecule has 1 saturated heterocycles. The van der Waals surface area contributed by atoms with Crippen LogP contribution in [0.5, 0.6) is 0 Å². The Morgan fingerprint density at radius 3 is 2.70 bits per heavy atom. The molecule has 0 N–H and O–H groups in total. The van der Waals surface area contributed by atoms with Gasteiger partial charge in [-0.05, 0) is 25.8 Å². The van der Waals surface area contributed by atoms with Crippen LogP contribution in [-0.2, 0) is 11.2 Å². The molecule has 1 aliphatic heterocycles. The summed E-state index contributed by atoms with van der Waals surface area (Å²) in [5.41, 5.74) is 4.61. The predicted octanol–water partition coefficient (Wildman–Crippen LogP) is 3.91. The number of aromatic nitrogens is 2. The highest BCUT2D eigenvalue weighted by molar-refractivity contribution is 5.79. The topological polar surface area (TPSA) is 59.2 Å². The Bertz CT molecular complexity index is 946. The second-order valence-corrected chi connectivity index (χ2v) is 7.30. The molecule has 138 valence electrons. The zero-order chi connectivity index (χ0) is 18.8. The minimum atomic E-state index is -0.0262. The number of benzene rings is 2. The van der Waals surface area contributed by atoms with Gasteiger partial charge in [-0.1, -0.05) is 64.8 Å². The van der Waals surface area contributed by atoms with Crippen molar-refractivity contribution >= 4 is 5.91 Å². The first-order valence-electron chi connectivity index (χ1n) is 9.32. The first-order valence-corrected chi connectivity index (χ1v) is 9.32. The lowest BCUT2D eigenvalue weighted by molar-refractivity contribution is -0.127. The second kappa shape index (κ2) is 7.35. The van der Waals surface area contributed by atoms with E-state index in [1.807, 2.05) is 36.1 Å². The van der Waals surface area contributed by atoms with Crippen molar-refractivity contribution in [1.82, 2.24) is 15.0 Å². The number of carbonyl (C=O) groups excluding carboxylic acids is 1. The summed E-state index contributed by atoms with van der Waals surface area (Å²) in [6, 6.07) is 16.4. The molecule has 5 heteroatoms. The summed E-state index contributed by atoms with van der Waals surface area (Å²) < 4.78 is 5.47. The zero-order valence-corrected chi connectivity index (χ0v) is 15.7. The molecule has 1 unspecified atom stereocenters. The first kappa shape index (κ1) is 17.5. The average molecular weight is 361 g/mol. The van der Waals surface area contributed by atoms with Crippen LogP contribution in [0, 0.1) is 13.8 Å². The number of hydrogen-bond acceptors (Lipinski definition) is 4. The van der Waals surface area contributed by atoms with E-state index in [2.05, 4.69) is 41.3 Å². The minimum absolute atomic E-state index is 0.0262. The van der Waals surface area contributed by atoms with Crippen molar-refractivity contribution < 1.29 is 9.32 Å². The van der Waals surface area contributed by atoms with Gasteiger partial charge in [-0.3, -0.25) is 4.79 Å². The monoisotopic (exact) mass is 361 g/mol. The molecule has 1 aliphatic rings. The average Bonchev–Trinajstić information content (AvgIpc) is 3.28. The maximum Gasteiger partial charge on any atom is 0.232 e. The van der Waals surface area contributed by atoms with E-state index in [-0.39, 0.29) is 11.8 Å².